The van der Waals surface area contributed by atoms with E-state index in [0.717, 1.165) is 45.4 Å². The molecule has 2 bridgehead atoms. The minimum atomic E-state index is -0.499. The van der Waals surface area contributed by atoms with Gasteiger partial charge in [0, 0.05) is 41.8 Å². The fraction of sp³-hybridized carbons (Fsp3) is 0.393. The zero-order chi connectivity index (χ0) is 26.1. The minimum absolute atomic E-state index is 0.00829. The highest BCUT2D eigenvalue weighted by Crippen LogP contribution is 2.36. The Morgan fingerprint density at radius 2 is 1.97 bits per heavy atom. The van der Waals surface area contributed by atoms with Crippen molar-refractivity contribution in [2.24, 2.45) is 5.92 Å². The van der Waals surface area contributed by atoms with Crippen LogP contribution in [0.25, 0.3) is 10.9 Å². The van der Waals surface area contributed by atoms with Crippen LogP contribution in [-0.2, 0) is 9.53 Å². The molecule has 2 aromatic carbocycles. The maximum absolute atomic E-state index is 13.6. The van der Waals surface area contributed by atoms with Gasteiger partial charge in [-0.15, -0.1) is 0 Å². The SMILES string of the molecule is O=C(C=CCN1C2CCC1COC2)Nc1cc2c(Nc3ccc(F)c(Cl)c3)ncnc2cc1OCC1CC1. The molecule has 10 heteroatoms. The summed E-state index contributed by atoms with van der Waals surface area (Å²) in [7, 11) is 0. The molecular weight excluding hydrogens is 509 g/mol. The zero-order valence-corrected chi connectivity index (χ0v) is 21.6. The lowest BCUT2D eigenvalue weighted by atomic mass is 10.1. The number of carbonyl (C=O) groups excluding carboxylic acids is 1. The Hall–Kier alpha value is -3.27. The van der Waals surface area contributed by atoms with Gasteiger partial charge in [-0.05, 0) is 55.9 Å². The summed E-state index contributed by atoms with van der Waals surface area (Å²) >= 11 is 5.95. The normalized spacial score (nSPS) is 21.2. The summed E-state index contributed by atoms with van der Waals surface area (Å²) in [5, 5.41) is 6.84. The van der Waals surface area contributed by atoms with Crippen molar-refractivity contribution in [3.8, 4) is 5.75 Å². The number of fused-ring (bicyclic) bond motifs is 3. The number of morpholine rings is 1. The number of ether oxygens (including phenoxy) is 2. The van der Waals surface area contributed by atoms with E-state index in [1.54, 1.807) is 18.2 Å². The monoisotopic (exact) mass is 537 g/mol. The van der Waals surface area contributed by atoms with Gasteiger partial charge in [-0.1, -0.05) is 17.7 Å². The molecule has 1 saturated carbocycles. The summed E-state index contributed by atoms with van der Waals surface area (Å²) in [6.07, 6.45) is 9.52. The predicted octanol–water partition coefficient (Wildman–Crippen LogP) is 5.31. The fourth-order valence-electron chi connectivity index (χ4n) is 5.07. The molecule has 1 amide bonds. The average Bonchev–Trinajstić information content (AvgIpc) is 3.71. The summed E-state index contributed by atoms with van der Waals surface area (Å²) in [6, 6.07) is 8.85. The van der Waals surface area contributed by atoms with Gasteiger partial charge in [-0.2, -0.15) is 0 Å². The molecule has 0 radical (unpaired) electrons. The number of benzene rings is 2. The third-order valence-electron chi connectivity index (χ3n) is 7.33. The molecule has 2 atom stereocenters. The minimum Gasteiger partial charge on any atom is -0.491 e. The van der Waals surface area contributed by atoms with Gasteiger partial charge in [0.1, 0.15) is 23.7 Å². The van der Waals surface area contributed by atoms with Gasteiger partial charge in [0.25, 0.3) is 0 Å². The van der Waals surface area contributed by atoms with Crippen molar-refractivity contribution in [1.29, 1.82) is 0 Å². The summed E-state index contributed by atoms with van der Waals surface area (Å²) < 4.78 is 25.4. The fourth-order valence-corrected chi connectivity index (χ4v) is 5.25. The van der Waals surface area contributed by atoms with E-state index in [9.17, 15) is 9.18 Å². The second-order valence-corrected chi connectivity index (χ2v) is 10.5. The average molecular weight is 538 g/mol. The highest BCUT2D eigenvalue weighted by molar-refractivity contribution is 6.31. The van der Waals surface area contributed by atoms with Gasteiger partial charge >= 0.3 is 0 Å². The molecule has 198 valence electrons. The van der Waals surface area contributed by atoms with Gasteiger partial charge in [-0.25, -0.2) is 14.4 Å². The van der Waals surface area contributed by atoms with Crippen LogP contribution in [0.15, 0.2) is 48.8 Å². The third-order valence-corrected chi connectivity index (χ3v) is 7.62. The maximum Gasteiger partial charge on any atom is 0.248 e. The molecule has 6 rings (SSSR count). The van der Waals surface area contributed by atoms with Crippen molar-refractivity contribution in [3.05, 3.63) is 59.7 Å². The highest BCUT2D eigenvalue weighted by atomic mass is 35.5. The van der Waals surface area contributed by atoms with Crippen LogP contribution in [0.4, 0.5) is 21.6 Å². The number of halogens is 2. The van der Waals surface area contributed by atoms with Gasteiger partial charge < -0.3 is 20.1 Å². The van der Waals surface area contributed by atoms with E-state index < -0.39 is 5.82 Å². The lowest BCUT2D eigenvalue weighted by Crippen LogP contribution is -2.45. The first-order valence-electron chi connectivity index (χ1n) is 13.0. The van der Waals surface area contributed by atoms with Crippen LogP contribution in [0.5, 0.6) is 5.75 Å². The second kappa shape index (κ2) is 10.8. The lowest BCUT2D eigenvalue weighted by Gasteiger charge is -2.33. The molecular formula is C28H29ClFN5O3. The van der Waals surface area contributed by atoms with Gasteiger partial charge in [0.15, 0.2) is 0 Å². The van der Waals surface area contributed by atoms with Gasteiger partial charge in [0.2, 0.25) is 5.91 Å². The number of hydrogen-bond acceptors (Lipinski definition) is 7. The standard InChI is InChI=1S/C28H29ClFN5O3/c29-22-10-18(5-8-23(22)30)33-28-21-11-25(26(38-13-17-3-4-17)12-24(21)31-16-32-28)34-27(36)2-1-9-35-19-6-7-20(35)15-37-14-19/h1-2,5,8,10-12,16-17,19-20H,3-4,6-7,9,13-15H2,(H,34,36)(H,31,32,33). The van der Waals surface area contributed by atoms with E-state index in [0.29, 0.717) is 58.5 Å². The number of nitrogens with zero attached hydrogens (tertiary/aromatic N) is 3. The largest absolute Gasteiger partial charge is 0.491 e. The Morgan fingerprint density at radius 1 is 1.16 bits per heavy atom. The maximum atomic E-state index is 13.6. The quantitative estimate of drug-likeness (QED) is 0.357. The van der Waals surface area contributed by atoms with E-state index >= 15 is 0 Å². The van der Waals surface area contributed by atoms with E-state index in [4.69, 9.17) is 21.1 Å². The number of nitrogens with one attached hydrogen (secondary N) is 2. The molecule has 1 aromatic heterocycles. The molecule has 3 aliphatic rings. The molecule has 8 nitrogen and oxygen atoms in total. The van der Waals surface area contributed by atoms with Gasteiger partial charge in [-0.3, -0.25) is 9.69 Å². The first kappa shape index (κ1) is 25.0. The number of aromatic nitrogens is 2. The van der Waals surface area contributed by atoms with Crippen molar-refractivity contribution in [1.82, 2.24) is 14.9 Å². The van der Waals surface area contributed by atoms with E-state index in [1.165, 1.54) is 18.5 Å². The molecule has 2 aliphatic heterocycles. The molecule has 1 aliphatic carbocycles. The van der Waals surface area contributed by atoms with Crippen LogP contribution in [0.3, 0.4) is 0 Å². The number of amides is 1. The van der Waals surface area contributed by atoms with E-state index in [1.807, 2.05) is 12.1 Å². The zero-order valence-electron chi connectivity index (χ0n) is 20.8. The van der Waals surface area contributed by atoms with Crippen LogP contribution in [0, 0.1) is 11.7 Å². The lowest BCUT2D eigenvalue weighted by molar-refractivity contribution is -0.112. The molecule has 2 unspecified atom stereocenters. The van der Waals surface area contributed by atoms with Crippen molar-refractivity contribution < 1.29 is 18.7 Å². The first-order chi connectivity index (χ1) is 18.5. The topological polar surface area (TPSA) is 88.6 Å². The molecule has 38 heavy (non-hydrogen) atoms. The van der Waals surface area contributed by atoms with Crippen molar-refractivity contribution in [3.63, 3.8) is 0 Å². The molecule has 3 fully saturated rings. The highest BCUT2D eigenvalue weighted by Gasteiger charge is 2.36. The van der Waals surface area contributed by atoms with Crippen molar-refractivity contribution in [2.45, 2.75) is 37.8 Å². The number of anilines is 3. The third kappa shape index (κ3) is 5.60. The molecule has 0 spiro atoms. The first-order valence-corrected chi connectivity index (χ1v) is 13.4. The van der Waals surface area contributed by atoms with E-state index in [2.05, 4.69) is 25.5 Å². The van der Waals surface area contributed by atoms with Crippen LogP contribution >= 0.6 is 11.6 Å². The molecule has 2 N–H and O–H groups in total. The Morgan fingerprint density at radius 3 is 2.74 bits per heavy atom. The van der Waals surface area contributed by atoms with Crippen LogP contribution in [-0.4, -0.2) is 59.2 Å². The van der Waals surface area contributed by atoms with Crippen LogP contribution in [0.2, 0.25) is 5.02 Å². The molecule has 3 aromatic rings. The predicted molar refractivity (Wildman–Crippen MR) is 145 cm³/mol. The summed E-state index contributed by atoms with van der Waals surface area (Å²) in [5.74, 6) is 0.871. The van der Waals surface area contributed by atoms with E-state index in [-0.39, 0.29) is 10.9 Å². The Balaban J connectivity index is 1.23. The van der Waals surface area contributed by atoms with Crippen LogP contribution < -0.4 is 15.4 Å². The smallest absolute Gasteiger partial charge is 0.248 e. The van der Waals surface area contributed by atoms with Gasteiger partial charge in [0.05, 0.1) is 36.0 Å². The number of carbonyl (C=O) groups is 1. The summed E-state index contributed by atoms with van der Waals surface area (Å²) in [6.45, 7) is 2.83. The van der Waals surface area contributed by atoms with Crippen LogP contribution in [0.1, 0.15) is 25.7 Å². The Labute approximate surface area is 225 Å². The Bertz CT molecular complexity index is 1370. The summed E-state index contributed by atoms with van der Waals surface area (Å²) in [5.41, 5.74) is 1.77. The molecule has 2 saturated heterocycles. The number of hydrogen-bond donors (Lipinski definition) is 2. The second-order valence-electron chi connectivity index (χ2n) is 10.1. The molecule has 3 heterocycles. The summed E-state index contributed by atoms with van der Waals surface area (Å²) in [4.78, 5) is 24.1. The Kier molecular flexibility index (Phi) is 7.14. The van der Waals surface area contributed by atoms with Crippen molar-refractivity contribution >= 4 is 45.6 Å². The number of rotatable bonds is 9. The van der Waals surface area contributed by atoms with Crippen molar-refractivity contribution in [2.75, 3.05) is 37.0 Å².